The van der Waals surface area contributed by atoms with Crippen LogP contribution in [0.25, 0.3) is 11.1 Å². The lowest BCUT2D eigenvalue weighted by atomic mass is 10.2. The predicted octanol–water partition coefficient (Wildman–Crippen LogP) is 1.15. The van der Waals surface area contributed by atoms with Gasteiger partial charge in [0.2, 0.25) is 0 Å². The molecule has 3 rings (SSSR count). The van der Waals surface area contributed by atoms with Crippen molar-refractivity contribution in [2.75, 3.05) is 6.61 Å². The zero-order valence-corrected chi connectivity index (χ0v) is 9.66. The molecule has 0 spiro atoms. The molecule has 5 nitrogen and oxygen atoms in total. The molecule has 1 N–H and O–H groups in total. The van der Waals surface area contributed by atoms with Gasteiger partial charge < -0.3 is 5.11 Å². The Morgan fingerprint density at radius 3 is 2.41 bits per heavy atom. The van der Waals surface area contributed by atoms with Crippen molar-refractivity contribution in [3.8, 4) is 11.1 Å². The van der Waals surface area contributed by atoms with Gasteiger partial charge in [-0.1, -0.05) is 0 Å². The first-order valence-electron chi connectivity index (χ1n) is 6.01. The van der Waals surface area contributed by atoms with E-state index in [1.54, 1.807) is 4.68 Å². The molecule has 1 aliphatic carbocycles. The Balaban J connectivity index is 1.74. The van der Waals surface area contributed by atoms with Gasteiger partial charge in [0.15, 0.2) is 0 Å². The maximum absolute atomic E-state index is 8.83. The summed E-state index contributed by atoms with van der Waals surface area (Å²) in [5.74, 6) is 0.833. The summed E-state index contributed by atoms with van der Waals surface area (Å²) in [7, 11) is 0. The van der Waals surface area contributed by atoms with Crippen molar-refractivity contribution >= 4 is 0 Å². The zero-order chi connectivity index (χ0) is 11.7. The minimum atomic E-state index is 0.113. The number of nitrogens with zero attached hydrogens (tertiary/aromatic N) is 4. The Morgan fingerprint density at radius 2 is 1.76 bits per heavy atom. The lowest BCUT2D eigenvalue weighted by molar-refractivity contribution is 0.269. The van der Waals surface area contributed by atoms with Gasteiger partial charge in [0.25, 0.3) is 0 Å². The number of aliphatic hydroxyl groups is 1. The molecule has 1 fully saturated rings. The molecule has 1 aliphatic rings. The second kappa shape index (κ2) is 4.33. The minimum absolute atomic E-state index is 0.113. The van der Waals surface area contributed by atoms with Crippen LogP contribution in [0.2, 0.25) is 0 Å². The van der Waals surface area contributed by atoms with Crippen LogP contribution in [0.1, 0.15) is 12.8 Å². The van der Waals surface area contributed by atoms with Gasteiger partial charge >= 0.3 is 0 Å². The number of aliphatic hydroxyl groups excluding tert-OH is 1. The highest BCUT2D eigenvalue weighted by molar-refractivity contribution is 5.59. The summed E-state index contributed by atoms with van der Waals surface area (Å²) in [5.41, 5.74) is 2.15. The monoisotopic (exact) mass is 232 g/mol. The highest BCUT2D eigenvalue weighted by Crippen LogP contribution is 2.30. The van der Waals surface area contributed by atoms with E-state index in [-0.39, 0.29) is 6.61 Å². The molecule has 5 heteroatoms. The van der Waals surface area contributed by atoms with Crippen molar-refractivity contribution in [3.05, 3.63) is 24.8 Å². The third-order valence-electron chi connectivity index (χ3n) is 3.07. The normalized spacial score (nSPS) is 15.4. The topological polar surface area (TPSA) is 55.9 Å². The van der Waals surface area contributed by atoms with E-state index in [2.05, 4.69) is 16.4 Å². The molecular formula is C12H16N4O. The summed E-state index contributed by atoms with van der Waals surface area (Å²) < 4.78 is 3.75. The minimum Gasteiger partial charge on any atom is -0.394 e. The van der Waals surface area contributed by atoms with E-state index in [0.717, 1.165) is 23.6 Å². The molecule has 0 aromatic carbocycles. The van der Waals surface area contributed by atoms with E-state index < -0.39 is 0 Å². The van der Waals surface area contributed by atoms with Crippen LogP contribution in [0.4, 0.5) is 0 Å². The molecular weight excluding hydrogens is 216 g/mol. The Bertz CT molecular complexity index is 498. The van der Waals surface area contributed by atoms with Gasteiger partial charge in [0, 0.05) is 30.1 Å². The van der Waals surface area contributed by atoms with Crippen LogP contribution in [0.5, 0.6) is 0 Å². The van der Waals surface area contributed by atoms with Crippen LogP contribution in [-0.4, -0.2) is 31.3 Å². The van der Waals surface area contributed by atoms with Crippen molar-refractivity contribution in [2.45, 2.75) is 25.9 Å². The summed E-state index contributed by atoms with van der Waals surface area (Å²) in [5, 5.41) is 17.4. The highest BCUT2D eigenvalue weighted by Gasteiger charge is 2.22. The lowest BCUT2D eigenvalue weighted by Crippen LogP contribution is -2.01. The Morgan fingerprint density at radius 1 is 1.12 bits per heavy atom. The van der Waals surface area contributed by atoms with E-state index in [0.29, 0.717) is 6.54 Å². The first kappa shape index (κ1) is 10.5. The van der Waals surface area contributed by atoms with Gasteiger partial charge in [-0.2, -0.15) is 10.2 Å². The molecule has 0 aliphatic heterocycles. The van der Waals surface area contributed by atoms with E-state index in [4.69, 9.17) is 5.11 Å². The summed E-state index contributed by atoms with van der Waals surface area (Å²) in [6, 6.07) is 0. The summed E-state index contributed by atoms with van der Waals surface area (Å²) in [6.45, 7) is 1.68. The smallest absolute Gasteiger partial charge is 0.0641 e. The maximum atomic E-state index is 8.83. The molecule has 2 heterocycles. The second-order valence-corrected chi connectivity index (χ2v) is 4.61. The SMILES string of the molecule is OCCn1cc(-c2cnn(CC3CC3)c2)cn1. The molecule has 2 aromatic heterocycles. The van der Waals surface area contributed by atoms with Crippen LogP contribution >= 0.6 is 0 Å². The van der Waals surface area contributed by atoms with E-state index in [1.165, 1.54) is 12.8 Å². The standard InChI is InChI=1S/C12H16N4O/c17-4-3-15-8-11(5-13-15)12-6-14-16(9-12)7-10-1-2-10/h5-6,8-10,17H,1-4,7H2. The first-order valence-corrected chi connectivity index (χ1v) is 6.01. The Labute approximate surface area is 99.7 Å². The molecule has 90 valence electrons. The second-order valence-electron chi connectivity index (χ2n) is 4.61. The number of aromatic nitrogens is 4. The number of hydrogen-bond donors (Lipinski definition) is 1. The largest absolute Gasteiger partial charge is 0.394 e. The van der Waals surface area contributed by atoms with Gasteiger partial charge in [0.1, 0.15) is 0 Å². The van der Waals surface area contributed by atoms with Crippen molar-refractivity contribution in [1.29, 1.82) is 0 Å². The van der Waals surface area contributed by atoms with Gasteiger partial charge in [-0.05, 0) is 18.8 Å². The maximum Gasteiger partial charge on any atom is 0.0641 e. The third-order valence-corrected chi connectivity index (χ3v) is 3.07. The van der Waals surface area contributed by atoms with Crippen LogP contribution < -0.4 is 0 Å². The Hall–Kier alpha value is -1.62. The molecule has 0 atom stereocenters. The summed E-state index contributed by atoms with van der Waals surface area (Å²) in [4.78, 5) is 0. The zero-order valence-electron chi connectivity index (χ0n) is 9.66. The average Bonchev–Trinajstić information content (AvgIpc) is 2.82. The van der Waals surface area contributed by atoms with E-state index in [9.17, 15) is 0 Å². The van der Waals surface area contributed by atoms with Crippen LogP contribution in [-0.2, 0) is 13.1 Å². The van der Waals surface area contributed by atoms with Crippen LogP contribution in [0.3, 0.4) is 0 Å². The van der Waals surface area contributed by atoms with Gasteiger partial charge in [-0.15, -0.1) is 0 Å². The van der Waals surface area contributed by atoms with Crippen molar-refractivity contribution in [1.82, 2.24) is 19.6 Å². The Kier molecular flexibility index (Phi) is 2.68. The van der Waals surface area contributed by atoms with Crippen molar-refractivity contribution in [3.63, 3.8) is 0 Å². The lowest BCUT2D eigenvalue weighted by Gasteiger charge is -1.96. The fraction of sp³-hybridized carbons (Fsp3) is 0.500. The molecule has 0 saturated heterocycles. The van der Waals surface area contributed by atoms with Crippen molar-refractivity contribution < 1.29 is 5.11 Å². The third kappa shape index (κ3) is 2.39. The molecule has 1 saturated carbocycles. The predicted molar refractivity (Wildman–Crippen MR) is 63.3 cm³/mol. The van der Waals surface area contributed by atoms with Gasteiger partial charge in [0.05, 0.1) is 25.5 Å². The first-order chi connectivity index (χ1) is 8.35. The number of hydrogen-bond acceptors (Lipinski definition) is 3. The molecule has 0 amide bonds. The van der Waals surface area contributed by atoms with Gasteiger partial charge in [-0.25, -0.2) is 0 Å². The van der Waals surface area contributed by atoms with Crippen molar-refractivity contribution in [2.24, 2.45) is 5.92 Å². The summed E-state index contributed by atoms with van der Waals surface area (Å²) >= 11 is 0. The quantitative estimate of drug-likeness (QED) is 0.841. The van der Waals surface area contributed by atoms with Crippen LogP contribution in [0, 0.1) is 5.92 Å². The molecule has 2 aromatic rings. The van der Waals surface area contributed by atoms with E-state index >= 15 is 0 Å². The van der Waals surface area contributed by atoms with E-state index in [1.807, 2.05) is 23.3 Å². The molecule has 0 radical (unpaired) electrons. The van der Waals surface area contributed by atoms with Gasteiger partial charge in [-0.3, -0.25) is 9.36 Å². The number of rotatable bonds is 5. The fourth-order valence-electron chi connectivity index (χ4n) is 1.91. The molecule has 0 bridgehead atoms. The fourth-order valence-corrected chi connectivity index (χ4v) is 1.91. The average molecular weight is 232 g/mol. The van der Waals surface area contributed by atoms with Crippen LogP contribution in [0.15, 0.2) is 24.8 Å². The summed E-state index contributed by atoms with van der Waals surface area (Å²) in [6.07, 6.45) is 10.4. The highest BCUT2D eigenvalue weighted by atomic mass is 16.3. The molecule has 0 unspecified atom stereocenters. The molecule has 17 heavy (non-hydrogen) atoms.